The molecule has 1 atom stereocenters. The van der Waals surface area contributed by atoms with E-state index in [1.807, 2.05) is 6.92 Å². The highest BCUT2D eigenvalue weighted by Crippen LogP contribution is 2.13. The van der Waals surface area contributed by atoms with Gasteiger partial charge < -0.3 is 10.4 Å². The first-order valence-corrected chi connectivity index (χ1v) is 4.28. The number of hydrogen-bond donors (Lipinski definition) is 2. The van der Waals surface area contributed by atoms with Gasteiger partial charge in [0, 0.05) is 12.1 Å². The second-order valence-electron chi connectivity index (χ2n) is 4.66. The quantitative estimate of drug-likeness (QED) is 0.633. The molecule has 0 spiro atoms. The minimum atomic E-state index is -0.798. The fraction of sp³-hybridized carbons (Fsp3) is 0.800. The Morgan fingerprint density at radius 3 is 2.00 bits per heavy atom. The lowest BCUT2D eigenvalue weighted by Crippen LogP contribution is -2.46. The van der Waals surface area contributed by atoms with Crippen LogP contribution in [0.2, 0.25) is 0 Å². The van der Waals surface area contributed by atoms with Gasteiger partial charge in [0.15, 0.2) is 0 Å². The molecule has 0 rings (SSSR count). The summed E-state index contributed by atoms with van der Waals surface area (Å²) in [5, 5.41) is 13.0. The summed E-state index contributed by atoms with van der Waals surface area (Å²) in [5.41, 5.74) is 0.0338. The third-order valence-electron chi connectivity index (χ3n) is 1.88. The van der Waals surface area contributed by atoms with Gasteiger partial charge >= 0.3 is 0 Å². The smallest absolute Gasteiger partial charge is 0.0947 e. The molecule has 0 aliphatic rings. The van der Waals surface area contributed by atoms with Crippen LogP contribution in [0.15, 0.2) is 12.2 Å². The molecule has 0 radical (unpaired) electrons. The van der Waals surface area contributed by atoms with Crippen molar-refractivity contribution in [1.29, 1.82) is 0 Å². The largest absolute Gasteiger partial charge is 0.384 e. The summed E-state index contributed by atoms with van der Waals surface area (Å²) >= 11 is 0. The van der Waals surface area contributed by atoms with Crippen LogP contribution in [0.5, 0.6) is 0 Å². The Morgan fingerprint density at radius 1 is 1.33 bits per heavy atom. The van der Waals surface area contributed by atoms with Gasteiger partial charge in [-0.3, -0.25) is 0 Å². The molecule has 0 aliphatic heterocycles. The maximum absolute atomic E-state index is 9.79. The van der Waals surface area contributed by atoms with Crippen LogP contribution < -0.4 is 5.32 Å². The third-order valence-corrected chi connectivity index (χ3v) is 1.88. The molecule has 1 unspecified atom stereocenters. The summed E-state index contributed by atoms with van der Waals surface area (Å²) in [4.78, 5) is 0. The fourth-order valence-corrected chi connectivity index (χ4v) is 0.588. The maximum Gasteiger partial charge on any atom is 0.0947 e. The number of hydrogen-bond acceptors (Lipinski definition) is 2. The summed E-state index contributed by atoms with van der Waals surface area (Å²) in [6, 6.07) is 0. The second-order valence-corrected chi connectivity index (χ2v) is 4.66. The molecule has 12 heavy (non-hydrogen) atoms. The minimum absolute atomic E-state index is 0.0411. The summed E-state index contributed by atoms with van der Waals surface area (Å²) in [5.74, 6) is 0. The van der Waals surface area contributed by atoms with E-state index < -0.39 is 5.60 Å². The molecule has 0 aliphatic carbocycles. The van der Waals surface area contributed by atoms with Crippen LogP contribution in [0, 0.1) is 0 Å². The van der Waals surface area contributed by atoms with Gasteiger partial charge in [0.2, 0.25) is 0 Å². The monoisotopic (exact) mass is 171 g/mol. The SMILES string of the molecule is C=C(C)C(C)(O)CNC(C)(C)C. The van der Waals surface area contributed by atoms with Gasteiger partial charge in [-0.1, -0.05) is 6.58 Å². The van der Waals surface area contributed by atoms with Crippen molar-refractivity contribution in [2.24, 2.45) is 0 Å². The molecule has 0 saturated carbocycles. The van der Waals surface area contributed by atoms with Gasteiger partial charge in [-0.05, 0) is 40.2 Å². The van der Waals surface area contributed by atoms with Crippen LogP contribution in [0.25, 0.3) is 0 Å². The molecular weight excluding hydrogens is 150 g/mol. The molecule has 0 aromatic rings. The highest BCUT2D eigenvalue weighted by molar-refractivity contribution is 5.08. The molecular formula is C10H21NO. The first-order chi connectivity index (χ1) is 5.15. The van der Waals surface area contributed by atoms with Crippen molar-refractivity contribution in [2.45, 2.75) is 45.8 Å². The second kappa shape index (κ2) is 3.58. The van der Waals surface area contributed by atoms with Gasteiger partial charge in [0.05, 0.1) is 5.60 Å². The molecule has 0 bridgehead atoms. The van der Waals surface area contributed by atoms with E-state index in [9.17, 15) is 5.11 Å². The van der Waals surface area contributed by atoms with E-state index in [1.165, 1.54) is 0 Å². The van der Waals surface area contributed by atoms with Crippen LogP contribution in [0.1, 0.15) is 34.6 Å². The fourth-order valence-electron chi connectivity index (χ4n) is 0.588. The Labute approximate surface area is 75.7 Å². The minimum Gasteiger partial charge on any atom is -0.384 e. The predicted molar refractivity (Wildman–Crippen MR) is 53.2 cm³/mol. The summed E-state index contributed by atoms with van der Waals surface area (Å²) in [6.07, 6.45) is 0. The van der Waals surface area contributed by atoms with Gasteiger partial charge in [-0.2, -0.15) is 0 Å². The highest BCUT2D eigenvalue weighted by Gasteiger charge is 2.23. The Hall–Kier alpha value is -0.340. The van der Waals surface area contributed by atoms with Crippen molar-refractivity contribution in [3.8, 4) is 0 Å². The standard InChI is InChI=1S/C10H21NO/c1-8(2)10(6,12)7-11-9(3,4)5/h11-12H,1,7H2,2-6H3. The van der Waals surface area contributed by atoms with Gasteiger partial charge in [0.1, 0.15) is 0 Å². The van der Waals surface area contributed by atoms with E-state index >= 15 is 0 Å². The van der Waals surface area contributed by atoms with Gasteiger partial charge in [0.25, 0.3) is 0 Å². The summed E-state index contributed by atoms with van der Waals surface area (Å²) in [6.45, 7) is 14.1. The van der Waals surface area contributed by atoms with Crippen LogP contribution in [0.4, 0.5) is 0 Å². The lowest BCUT2D eigenvalue weighted by Gasteiger charge is -2.29. The molecule has 0 heterocycles. The zero-order valence-electron chi connectivity index (χ0n) is 8.86. The van der Waals surface area contributed by atoms with E-state index in [4.69, 9.17) is 0 Å². The molecule has 0 saturated heterocycles. The molecule has 72 valence electrons. The molecule has 0 amide bonds. The zero-order chi connectivity index (χ0) is 9.99. The molecule has 0 aromatic heterocycles. The van der Waals surface area contributed by atoms with Gasteiger partial charge in [-0.15, -0.1) is 0 Å². The predicted octanol–water partition coefficient (Wildman–Crippen LogP) is 1.70. The number of nitrogens with one attached hydrogen (secondary N) is 1. The van der Waals surface area contributed by atoms with E-state index in [0.717, 1.165) is 5.57 Å². The van der Waals surface area contributed by atoms with Crippen molar-refractivity contribution in [3.05, 3.63) is 12.2 Å². The Bertz CT molecular complexity index is 165. The van der Waals surface area contributed by atoms with Gasteiger partial charge in [-0.25, -0.2) is 0 Å². The Balaban J connectivity index is 4.01. The van der Waals surface area contributed by atoms with Crippen LogP contribution in [-0.4, -0.2) is 22.8 Å². The normalized spacial score (nSPS) is 17.2. The molecule has 0 fully saturated rings. The first kappa shape index (κ1) is 11.7. The first-order valence-electron chi connectivity index (χ1n) is 4.28. The average Bonchev–Trinajstić information content (AvgIpc) is 1.82. The molecule has 2 heteroatoms. The van der Waals surface area contributed by atoms with Crippen molar-refractivity contribution in [2.75, 3.05) is 6.54 Å². The van der Waals surface area contributed by atoms with E-state index in [2.05, 4.69) is 32.7 Å². The van der Waals surface area contributed by atoms with E-state index in [-0.39, 0.29) is 5.54 Å². The maximum atomic E-state index is 9.79. The Kier molecular flexibility index (Phi) is 3.48. The topological polar surface area (TPSA) is 32.3 Å². The number of β-amino-alcohol motifs (C(OH)–C–C–N with tert-alkyl or cyclic N) is 1. The lowest BCUT2D eigenvalue weighted by atomic mass is 9.97. The van der Waals surface area contributed by atoms with Crippen LogP contribution in [-0.2, 0) is 0 Å². The molecule has 2 nitrogen and oxygen atoms in total. The van der Waals surface area contributed by atoms with E-state index in [1.54, 1.807) is 6.92 Å². The van der Waals surface area contributed by atoms with Crippen LogP contribution >= 0.6 is 0 Å². The molecule has 0 aromatic carbocycles. The van der Waals surface area contributed by atoms with Crippen molar-refractivity contribution in [3.63, 3.8) is 0 Å². The summed E-state index contributed by atoms with van der Waals surface area (Å²) in [7, 11) is 0. The van der Waals surface area contributed by atoms with Crippen molar-refractivity contribution < 1.29 is 5.11 Å². The number of aliphatic hydroxyl groups is 1. The van der Waals surface area contributed by atoms with Crippen LogP contribution in [0.3, 0.4) is 0 Å². The van der Waals surface area contributed by atoms with Crippen molar-refractivity contribution in [1.82, 2.24) is 5.32 Å². The summed E-state index contributed by atoms with van der Waals surface area (Å²) < 4.78 is 0. The Morgan fingerprint density at radius 2 is 1.75 bits per heavy atom. The third kappa shape index (κ3) is 4.52. The lowest BCUT2D eigenvalue weighted by molar-refractivity contribution is 0.0901. The molecule has 2 N–H and O–H groups in total. The average molecular weight is 171 g/mol. The number of rotatable bonds is 3. The van der Waals surface area contributed by atoms with E-state index in [0.29, 0.717) is 6.54 Å². The highest BCUT2D eigenvalue weighted by atomic mass is 16.3. The van der Waals surface area contributed by atoms with Crippen molar-refractivity contribution >= 4 is 0 Å². The zero-order valence-corrected chi connectivity index (χ0v) is 8.86.